The molecule has 0 bridgehead atoms. The van der Waals surface area contributed by atoms with Crippen LogP contribution < -0.4 is 5.73 Å². The Morgan fingerprint density at radius 3 is 2.57 bits per heavy atom. The third-order valence-electron chi connectivity index (χ3n) is 3.91. The van der Waals surface area contributed by atoms with Crippen LogP contribution in [0.5, 0.6) is 0 Å². The van der Waals surface area contributed by atoms with Gasteiger partial charge in [0.05, 0.1) is 0 Å². The molecule has 1 aliphatic rings. The molecule has 1 aliphatic heterocycles. The molecule has 1 atom stereocenters. The third-order valence-corrected chi connectivity index (χ3v) is 3.91. The van der Waals surface area contributed by atoms with Gasteiger partial charge in [-0.25, -0.2) is 0 Å². The fourth-order valence-corrected chi connectivity index (χ4v) is 2.82. The number of nitrogen functional groups attached to an aromatic ring is 1. The zero-order valence-electron chi connectivity index (χ0n) is 12.6. The van der Waals surface area contributed by atoms with Crippen molar-refractivity contribution < 1.29 is 4.79 Å². The fourth-order valence-electron chi connectivity index (χ4n) is 2.82. The molecule has 2 rings (SSSR count). The van der Waals surface area contributed by atoms with Gasteiger partial charge in [0.1, 0.15) is 0 Å². The van der Waals surface area contributed by atoms with E-state index in [1.807, 2.05) is 17.0 Å². The number of hydrogen-bond acceptors (Lipinski definition) is 3. The van der Waals surface area contributed by atoms with Crippen molar-refractivity contribution in [3.05, 3.63) is 29.8 Å². The largest absolute Gasteiger partial charge is 0.399 e. The van der Waals surface area contributed by atoms with Gasteiger partial charge in [0, 0.05) is 30.4 Å². The highest BCUT2D eigenvalue weighted by molar-refractivity contribution is 5.95. The van der Waals surface area contributed by atoms with Crippen molar-refractivity contribution in [3.63, 3.8) is 0 Å². The molecule has 1 fully saturated rings. The Hall–Kier alpha value is -0.970. The molecule has 21 heavy (non-hydrogen) atoms. The topological polar surface area (TPSA) is 49.6 Å². The lowest BCUT2D eigenvalue weighted by atomic mass is 10.2. The number of benzene rings is 1. The Bertz CT molecular complexity index is 452. The standard InChI is InChI=1S/C15H23N3O.2ClH/c1-3-17(4-2)14-8-9-18(11-14)15(19)12-6-5-7-13(16)10-12;;/h5-7,10,14H,3-4,8-9,11,16H2,1-2H3;2*1H. The van der Waals surface area contributed by atoms with Crippen LogP contribution in [0.2, 0.25) is 0 Å². The van der Waals surface area contributed by atoms with Gasteiger partial charge < -0.3 is 10.6 Å². The Labute approximate surface area is 139 Å². The van der Waals surface area contributed by atoms with Crippen LogP contribution in [0.3, 0.4) is 0 Å². The first-order valence-electron chi connectivity index (χ1n) is 7.04. The number of anilines is 1. The summed E-state index contributed by atoms with van der Waals surface area (Å²) < 4.78 is 0. The number of carbonyl (C=O) groups excluding carboxylic acids is 1. The average Bonchev–Trinajstić information content (AvgIpc) is 2.89. The number of rotatable bonds is 4. The maximum Gasteiger partial charge on any atom is 0.253 e. The Balaban J connectivity index is 0.00000200. The minimum absolute atomic E-state index is 0. The summed E-state index contributed by atoms with van der Waals surface area (Å²) in [6.45, 7) is 8.10. The molecule has 0 saturated carbocycles. The van der Waals surface area contributed by atoms with Crippen LogP contribution in [0.4, 0.5) is 5.69 Å². The molecular weight excluding hydrogens is 309 g/mol. The van der Waals surface area contributed by atoms with E-state index in [0.717, 1.165) is 32.6 Å². The van der Waals surface area contributed by atoms with Gasteiger partial charge in [0.2, 0.25) is 0 Å². The van der Waals surface area contributed by atoms with Crippen LogP contribution in [0.15, 0.2) is 24.3 Å². The smallest absolute Gasteiger partial charge is 0.253 e. The van der Waals surface area contributed by atoms with Crippen LogP contribution in [-0.2, 0) is 0 Å². The van der Waals surface area contributed by atoms with Crippen molar-refractivity contribution in [2.45, 2.75) is 26.3 Å². The van der Waals surface area contributed by atoms with E-state index >= 15 is 0 Å². The summed E-state index contributed by atoms with van der Waals surface area (Å²) in [5.74, 6) is 0.0990. The summed E-state index contributed by atoms with van der Waals surface area (Å²) in [5, 5.41) is 0. The second kappa shape index (κ2) is 9.13. The molecule has 2 N–H and O–H groups in total. The van der Waals surface area contributed by atoms with E-state index in [2.05, 4.69) is 18.7 Å². The minimum Gasteiger partial charge on any atom is -0.399 e. The molecule has 0 radical (unpaired) electrons. The number of nitrogens with two attached hydrogens (primary N) is 1. The van der Waals surface area contributed by atoms with E-state index in [-0.39, 0.29) is 30.7 Å². The molecular formula is C15H25Cl2N3O. The van der Waals surface area contributed by atoms with E-state index in [9.17, 15) is 4.79 Å². The molecule has 1 amide bonds. The van der Waals surface area contributed by atoms with E-state index in [1.54, 1.807) is 12.1 Å². The SMILES string of the molecule is CCN(CC)C1CCN(C(=O)c2cccc(N)c2)C1.Cl.Cl. The van der Waals surface area contributed by atoms with Crippen LogP contribution in [0.1, 0.15) is 30.6 Å². The summed E-state index contributed by atoms with van der Waals surface area (Å²) in [7, 11) is 0. The highest BCUT2D eigenvalue weighted by atomic mass is 35.5. The summed E-state index contributed by atoms with van der Waals surface area (Å²) in [5.41, 5.74) is 7.07. The summed E-state index contributed by atoms with van der Waals surface area (Å²) >= 11 is 0. The molecule has 1 saturated heterocycles. The van der Waals surface area contributed by atoms with Crippen molar-refractivity contribution in [1.29, 1.82) is 0 Å². The van der Waals surface area contributed by atoms with Gasteiger partial charge in [-0.15, -0.1) is 24.8 Å². The van der Waals surface area contributed by atoms with Gasteiger partial charge in [-0.05, 0) is 37.7 Å². The summed E-state index contributed by atoms with van der Waals surface area (Å²) in [6, 6.07) is 7.73. The van der Waals surface area contributed by atoms with Crippen LogP contribution >= 0.6 is 24.8 Å². The number of likely N-dealkylation sites (tertiary alicyclic amines) is 1. The minimum atomic E-state index is 0. The predicted octanol–water partition coefficient (Wildman–Crippen LogP) is 2.67. The number of carbonyl (C=O) groups is 1. The molecule has 0 spiro atoms. The lowest BCUT2D eigenvalue weighted by molar-refractivity contribution is 0.0778. The van der Waals surface area contributed by atoms with Gasteiger partial charge in [-0.1, -0.05) is 19.9 Å². The maximum absolute atomic E-state index is 12.4. The quantitative estimate of drug-likeness (QED) is 0.862. The van der Waals surface area contributed by atoms with Crippen molar-refractivity contribution in [1.82, 2.24) is 9.80 Å². The normalized spacial score (nSPS) is 17.3. The van der Waals surface area contributed by atoms with Gasteiger partial charge in [0.15, 0.2) is 0 Å². The highest BCUT2D eigenvalue weighted by Crippen LogP contribution is 2.18. The Kier molecular flexibility index (Phi) is 8.71. The molecule has 0 aromatic heterocycles. The summed E-state index contributed by atoms with van der Waals surface area (Å²) in [6.07, 6.45) is 1.07. The molecule has 1 heterocycles. The van der Waals surface area contributed by atoms with Gasteiger partial charge in [0.25, 0.3) is 5.91 Å². The number of amides is 1. The van der Waals surface area contributed by atoms with Gasteiger partial charge >= 0.3 is 0 Å². The Morgan fingerprint density at radius 1 is 1.33 bits per heavy atom. The molecule has 1 aromatic carbocycles. The van der Waals surface area contributed by atoms with Crippen LogP contribution in [0, 0.1) is 0 Å². The number of halogens is 2. The van der Waals surface area contributed by atoms with Gasteiger partial charge in [-0.2, -0.15) is 0 Å². The predicted molar refractivity (Wildman–Crippen MR) is 92.6 cm³/mol. The average molecular weight is 334 g/mol. The van der Waals surface area contributed by atoms with Crippen LogP contribution in [-0.4, -0.2) is 47.9 Å². The Morgan fingerprint density at radius 2 is 2.00 bits per heavy atom. The van der Waals surface area contributed by atoms with E-state index in [0.29, 0.717) is 17.3 Å². The number of nitrogens with zero attached hydrogens (tertiary/aromatic N) is 2. The second-order valence-electron chi connectivity index (χ2n) is 5.04. The van der Waals surface area contributed by atoms with Crippen molar-refractivity contribution in [3.8, 4) is 0 Å². The first kappa shape index (κ1) is 20.0. The molecule has 1 aromatic rings. The number of hydrogen-bond donors (Lipinski definition) is 1. The lowest BCUT2D eigenvalue weighted by Crippen LogP contribution is -2.38. The highest BCUT2D eigenvalue weighted by Gasteiger charge is 2.29. The van der Waals surface area contributed by atoms with E-state index in [4.69, 9.17) is 5.73 Å². The number of likely N-dealkylation sites (N-methyl/N-ethyl adjacent to an activating group) is 1. The zero-order valence-corrected chi connectivity index (χ0v) is 14.3. The first-order chi connectivity index (χ1) is 9.15. The monoisotopic (exact) mass is 333 g/mol. The van der Waals surface area contributed by atoms with Crippen molar-refractivity contribution in [2.75, 3.05) is 31.9 Å². The van der Waals surface area contributed by atoms with Crippen molar-refractivity contribution >= 4 is 36.4 Å². The maximum atomic E-state index is 12.4. The third kappa shape index (κ3) is 4.77. The van der Waals surface area contributed by atoms with Gasteiger partial charge in [-0.3, -0.25) is 9.69 Å². The zero-order chi connectivity index (χ0) is 13.8. The lowest BCUT2D eigenvalue weighted by Gasteiger charge is -2.26. The van der Waals surface area contributed by atoms with E-state index < -0.39 is 0 Å². The van der Waals surface area contributed by atoms with E-state index in [1.165, 1.54) is 0 Å². The molecule has 6 heteroatoms. The fraction of sp³-hybridized carbons (Fsp3) is 0.533. The molecule has 1 unspecified atom stereocenters. The molecule has 4 nitrogen and oxygen atoms in total. The van der Waals surface area contributed by atoms with Crippen molar-refractivity contribution in [2.24, 2.45) is 0 Å². The first-order valence-corrected chi connectivity index (χ1v) is 7.04. The summed E-state index contributed by atoms with van der Waals surface area (Å²) in [4.78, 5) is 16.8. The molecule has 120 valence electrons. The molecule has 0 aliphatic carbocycles. The second-order valence-corrected chi connectivity index (χ2v) is 5.04. The van der Waals surface area contributed by atoms with Crippen LogP contribution in [0.25, 0.3) is 0 Å².